The number of pyridine rings is 1. The lowest BCUT2D eigenvalue weighted by Crippen LogP contribution is -2.19. The van der Waals surface area contributed by atoms with Gasteiger partial charge in [0.2, 0.25) is 5.95 Å². The summed E-state index contributed by atoms with van der Waals surface area (Å²) in [4.78, 5) is 6.73. The van der Waals surface area contributed by atoms with Gasteiger partial charge in [-0.15, -0.1) is 5.10 Å². The van der Waals surface area contributed by atoms with Crippen LogP contribution in [0.15, 0.2) is 22.8 Å². The average Bonchev–Trinajstić information content (AvgIpc) is 2.84. The van der Waals surface area contributed by atoms with Crippen molar-refractivity contribution in [2.75, 3.05) is 18.0 Å². The van der Waals surface area contributed by atoms with Crippen LogP contribution in [-0.2, 0) is 0 Å². The highest BCUT2D eigenvalue weighted by atomic mass is 79.9. The molecule has 0 aliphatic carbocycles. The van der Waals surface area contributed by atoms with E-state index >= 15 is 0 Å². The number of fused-ring (bicyclic) bond motifs is 1. The number of nitrogens with zero attached hydrogens (tertiary/aromatic N) is 4. The van der Waals surface area contributed by atoms with Gasteiger partial charge in [0.05, 0.1) is 0 Å². The van der Waals surface area contributed by atoms with E-state index in [1.165, 1.54) is 12.8 Å². The molecule has 0 unspecified atom stereocenters. The molecule has 3 heterocycles. The van der Waals surface area contributed by atoms with Crippen molar-refractivity contribution in [3.8, 4) is 0 Å². The molecular weight excluding hydrogens is 256 g/mol. The van der Waals surface area contributed by atoms with E-state index in [0.717, 1.165) is 29.2 Å². The fourth-order valence-electron chi connectivity index (χ4n) is 1.90. The lowest BCUT2D eigenvalue weighted by molar-refractivity contribution is 0.873. The average molecular weight is 267 g/mol. The van der Waals surface area contributed by atoms with Crippen LogP contribution in [0, 0.1) is 0 Å². The minimum absolute atomic E-state index is 0.852. The Labute approximate surface area is 96.0 Å². The van der Waals surface area contributed by atoms with Gasteiger partial charge in [-0.25, -0.2) is 4.52 Å². The normalized spacial score (nSPS) is 16.5. The summed E-state index contributed by atoms with van der Waals surface area (Å²) in [5.74, 6) is 0.852. The van der Waals surface area contributed by atoms with Gasteiger partial charge in [0, 0.05) is 23.8 Å². The second-order valence-electron chi connectivity index (χ2n) is 3.76. The minimum atomic E-state index is 0.852. The standard InChI is InChI=1S/C10H11BrN4/c11-8-3-4-9-12-10(13-15(9)7-8)14-5-1-2-6-14/h3-4,7H,1-2,5-6H2. The Morgan fingerprint density at radius 2 is 2.00 bits per heavy atom. The van der Waals surface area contributed by atoms with Crippen LogP contribution in [-0.4, -0.2) is 27.7 Å². The van der Waals surface area contributed by atoms with Crippen LogP contribution in [0.25, 0.3) is 5.65 Å². The van der Waals surface area contributed by atoms with Crippen molar-refractivity contribution in [1.82, 2.24) is 14.6 Å². The molecule has 0 atom stereocenters. The third-order valence-electron chi connectivity index (χ3n) is 2.67. The number of halogens is 1. The van der Waals surface area contributed by atoms with E-state index in [1.54, 1.807) is 0 Å². The first kappa shape index (κ1) is 9.15. The number of rotatable bonds is 1. The summed E-state index contributed by atoms with van der Waals surface area (Å²) in [7, 11) is 0. The number of hydrogen-bond donors (Lipinski definition) is 0. The Morgan fingerprint density at radius 3 is 2.80 bits per heavy atom. The lowest BCUT2D eigenvalue weighted by Gasteiger charge is -2.10. The van der Waals surface area contributed by atoms with E-state index in [0.29, 0.717) is 0 Å². The van der Waals surface area contributed by atoms with E-state index in [2.05, 4.69) is 30.9 Å². The van der Waals surface area contributed by atoms with Gasteiger partial charge in [0.1, 0.15) is 0 Å². The zero-order valence-corrected chi connectivity index (χ0v) is 9.81. The number of hydrogen-bond acceptors (Lipinski definition) is 3. The number of anilines is 1. The molecule has 1 aliphatic heterocycles. The topological polar surface area (TPSA) is 33.4 Å². The van der Waals surface area contributed by atoms with Crippen LogP contribution >= 0.6 is 15.9 Å². The van der Waals surface area contributed by atoms with Crippen LogP contribution in [0.5, 0.6) is 0 Å². The summed E-state index contributed by atoms with van der Waals surface area (Å²) in [6.07, 6.45) is 4.43. The molecular formula is C10H11BrN4. The summed E-state index contributed by atoms with van der Waals surface area (Å²) in [5.41, 5.74) is 0.903. The van der Waals surface area contributed by atoms with E-state index in [1.807, 2.05) is 22.8 Å². The Morgan fingerprint density at radius 1 is 1.20 bits per heavy atom. The van der Waals surface area contributed by atoms with Crippen LogP contribution < -0.4 is 4.90 Å². The van der Waals surface area contributed by atoms with Gasteiger partial charge in [-0.1, -0.05) is 0 Å². The molecule has 1 aliphatic rings. The molecule has 0 spiro atoms. The summed E-state index contributed by atoms with van der Waals surface area (Å²) in [5, 5.41) is 4.46. The first-order valence-corrected chi connectivity index (χ1v) is 5.89. The third-order valence-corrected chi connectivity index (χ3v) is 3.14. The molecule has 0 aromatic carbocycles. The van der Waals surface area contributed by atoms with Gasteiger partial charge < -0.3 is 4.90 Å². The van der Waals surface area contributed by atoms with Crippen molar-refractivity contribution in [2.24, 2.45) is 0 Å². The summed E-state index contributed by atoms with van der Waals surface area (Å²) < 4.78 is 2.84. The number of aromatic nitrogens is 3. The second-order valence-corrected chi connectivity index (χ2v) is 4.67. The van der Waals surface area contributed by atoms with Gasteiger partial charge in [-0.2, -0.15) is 4.98 Å². The maximum atomic E-state index is 4.49. The highest BCUT2D eigenvalue weighted by Crippen LogP contribution is 2.18. The van der Waals surface area contributed by atoms with E-state index in [4.69, 9.17) is 0 Å². The zero-order valence-electron chi connectivity index (χ0n) is 8.23. The van der Waals surface area contributed by atoms with Crippen LogP contribution in [0.3, 0.4) is 0 Å². The van der Waals surface area contributed by atoms with Crippen molar-refractivity contribution in [3.05, 3.63) is 22.8 Å². The SMILES string of the molecule is Brc1ccc2nc(N3CCCC3)nn2c1. The molecule has 4 nitrogen and oxygen atoms in total. The minimum Gasteiger partial charge on any atom is -0.340 e. The van der Waals surface area contributed by atoms with Crippen LogP contribution in [0.4, 0.5) is 5.95 Å². The van der Waals surface area contributed by atoms with Crippen molar-refractivity contribution < 1.29 is 0 Å². The quantitative estimate of drug-likeness (QED) is 0.793. The highest BCUT2D eigenvalue weighted by Gasteiger charge is 2.16. The van der Waals surface area contributed by atoms with Crippen molar-refractivity contribution in [1.29, 1.82) is 0 Å². The van der Waals surface area contributed by atoms with Crippen molar-refractivity contribution in [2.45, 2.75) is 12.8 Å². The smallest absolute Gasteiger partial charge is 0.245 e. The van der Waals surface area contributed by atoms with Gasteiger partial charge in [0.25, 0.3) is 0 Å². The molecule has 0 bridgehead atoms. The van der Waals surface area contributed by atoms with E-state index in [9.17, 15) is 0 Å². The summed E-state index contributed by atoms with van der Waals surface area (Å²) in [6, 6.07) is 3.95. The Kier molecular flexibility index (Phi) is 2.12. The molecule has 3 rings (SSSR count). The predicted octanol–water partition coefficient (Wildman–Crippen LogP) is 2.09. The third kappa shape index (κ3) is 1.61. The lowest BCUT2D eigenvalue weighted by atomic mass is 10.4. The summed E-state index contributed by atoms with van der Waals surface area (Å²) >= 11 is 3.42. The van der Waals surface area contributed by atoms with Gasteiger partial charge in [-0.3, -0.25) is 0 Å². The first-order valence-electron chi connectivity index (χ1n) is 5.10. The summed E-state index contributed by atoms with van der Waals surface area (Å²) in [6.45, 7) is 2.16. The molecule has 1 saturated heterocycles. The molecule has 2 aromatic rings. The fourth-order valence-corrected chi connectivity index (χ4v) is 2.22. The predicted molar refractivity (Wildman–Crippen MR) is 62.1 cm³/mol. The Hall–Kier alpha value is -1.10. The van der Waals surface area contributed by atoms with Crippen molar-refractivity contribution >= 4 is 27.5 Å². The van der Waals surface area contributed by atoms with E-state index < -0.39 is 0 Å². The molecule has 78 valence electrons. The molecule has 0 radical (unpaired) electrons. The van der Waals surface area contributed by atoms with Gasteiger partial charge in [-0.05, 0) is 40.9 Å². The second kappa shape index (κ2) is 3.48. The van der Waals surface area contributed by atoms with Crippen LogP contribution in [0.2, 0.25) is 0 Å². The Bertz CT molecular complexity index is 487. The molecule has 0 amide bonds. The Balaban J connectivity index is 2.05. The zero-order chi connectivity index (χ0) is 10.3. The van der Waals surface area contributed by atoms with Crippen LogP contribution in [0.1, 0.15) is 12.8 Å². The molecule has 2 aromatic heterocycles. The maximum Gasteiger partial charge on any atom is 0.245 e. The molecule has 5 heteroatoms. The highest BCUT2D eigenvalue weighted by molar-refractivity contribution is 9.10. The van der Waals surface area contributed by atoms with Crippen molar-refractivity contribution in [3.63, 3.8) is 0 Å². The first-order chi connectivity index (χ1) is 7.33. The van der Waals surface area contributed by atoms with Gasteiger partial charge in [0.15, 0.2) is 5.65 Å². The maximum absolute atomic E-state index is 4.49. The fraction of sp³-hybridized carbons (Fsp3) is 0.400. The molecule has 15 heavy (non-hydrogen) atoms. The monoisotopic (exact) mass is 266 g/mol. The van der Waals surface area contributed by atoms with Gasteiger partial charge >= 0.3 is 0 Å². The molecule has 1 fully saturated rings. The molecule has 0 N–H and O–H groups in total. The molecule has 0 saturated carbocycles. The largest absolute Gasteiger partial charge is 0.340 e. The van der Waals surface area contributed by atoms with E-state index in [-0.39, 0.29) is 0 Å².